The van der Waals surface area contributed by atoms with Crippen LogP contribution in [0.15, 0.2) is 54.9 Å². The second kappa shape index (κ2) is 9.61. The van der Waals surface area contributed by atoms with Crippen molar-refractivity contribution in [2.75, 3.05) is 19.0 Å². The minimum absolute atomic E-state index is 0.105. The van der Waals surface area contributed by atoms with Crippen LogP contribution in [0.2, 0.25) is 0 Å². The van der Waals surface area contributed by atoms with Crippen molar-refractivity contribution in [2.45, 2.75) is 19.6 Å². The molecule has 2 N–H and O–H groups in total. The molecule has 0 fully saturated rings. The highest BCUT2D eigenvalue weighted by atomic mass is 16.5. The number of aliphatic hydroxyl groups is 1. The summed E-state index contributed by atoms with van der Waals surface area (Å²) in [7, 11) is 1.24. The first-order valence-corrected chi connectivity index (χ1v) is 9.03. The first kappa shape index (κ1) is 20.2. The third kappa shape index (κ3) is 5.05. The maximum absolute atomic E-state index is 11.6. The molecule has 0 saturated heterocycles. The van der Waals surface area contributed by atoms with E-state index >= 15 is 0 Å². The van der Waals surface area contributed by atoms with Gasteiger partial charge in [-0.15, -0.1) is 0 Å². The van der Waals surface area contributed by atoms with Crippen LogP contribution < -0.4 is 10.1 Å². The van der Waals surface area contributed by atoms with E-state index in [0.29, 0.717) is 0 Å². The van der Waals surface area contributed by atoms with E-state index in [1.165, 1.54) is 13.4 Å². The van der Waals surface area contributed by atoms with Crippen molar-refractivity contribution in [3.05, 3.63) is 66.0 Å². The molecule has 0 amide bonds. The molecular formula is C21H22N4O4. The molecule has 3 aromatic rings. The third-order valence-corrected chi connectivity index (χ3v) is 4.41. The Morgan fingerprint density at radius 1 is 1.14 bits per heavy atom. The predicted molar refractivity (Wildman–Crippen MR) is 107 cm³/mol. The average molecular weight is 394 g/mol. The van der Waals surface area contributed by atoms with Gasteiger partial charge >= 0.3 is 12.0 Å². The fourth-order valence-electron chi connectivity index (χ4n) is 2.81. The van der Waals surface area contributed by atoms with Gasteiger partial charge in [0.25, 0.3) is 0 Å². The van der Waals surface area contributed by atoms with E-state index in [-0.39, 0.29) is 18.6 Å². The fraction of sp³-hybridized carbons (Fsp3) is 0.238. The summed E-state index contributed by atoms with van der Waals surface area (Å²) in [6, 6.07) is 15.3. The van der Waals surface area contributed by atoms with Gasteiger partial charge in [0.05, 0.1) is 13.7 Å². The van der Waals surface area contributed by atoms with Gasteiger partial charge < -0.3 is 19.9 Å². The summed E-state index contributed by atoms with van der Waals surface area (Å²) in [6.45, 7) is 1.86. The Hall–Kier alpha value is -3.52. The van der Waals surface area contributed by atoms with Crippen LogP contribution in [0.5, 0.6) is 6.01 Å². The number of ether oxygens (including phenoxy) is 2. The topological polar surface area (TPSA) is 106 Å². The van der Waals surface area contributed by atoms with E-state index in [1.807, 2.05) is 37.3 Å². The van der Waals surface area contributed by atoms with Crippen molar-refractivity contribution in [2.24, 2.45) is 0 Å². The lowest BCUT2D eigenvalue weighted by Crippen LogP contribution is -2.34. The Kier molecular flexibility index (Phi) is 6.70. The van der Waals surface area contributed by atoms with Gasteiger partial charge in [-0.3, -0.25) is 0 Å². The summed E-state index contributed by atoms with van der Waals surface area (Å²) in [5.41, 5.74) is 4.38. The molecule has 8 nitrogen and oxygen atoms in total. The summed E-state index contributed by atoms with van der Waals surface area (Å²) < 4.78 is 10.3. The summed E-state index contributed by atoms with van der Waals surface area (Å²) >= 11 is 0. The molecule has 0 spiro atoms. The van der Waals surface area contributed by atoms with Crippen LogP contribution in [-0.2, 0) is 16.1 Å². The molecule has 0 aliphatic carbocycles. The van der Waals surface area contributed by atoms with Gasteiger partial charge in [0.15, 0.2) is 6.04 Å². The minimum Gasteiger partial charge on any atom is -0.467 e. The van der Waals surface area contributed by atoms with Crippen molar-refractivity contribution < 1.29 is 19.4 Å². The van der Waals surface area contributed by atoms with E-state index < -0.39 is 18.6 Å². The van der Waals surface area contributed by atoms with Crippen LogP contribution in [0.3, 0.4) is 0 Å². The average Bonchev–Trinajstić information content (AvgIpc) is 2.77. The van der Waals surface area contributed by atoms with Gasteiger partial charge in [-0.25, -0.2) is 9.78 Å². The highest BCUT2D eigenvalue weighted by molar-refractivity contribution is 5.78. The second-order valence-electron chi connectivity index (χ2n) is 6.24. The highest BCUT2D eigenvalue weighted by Gasteiger charge is 2.19. The van der Waals surface area contributed by atoms with Crippen molar-refractivity contribution in [1.29, 1.82) is 0 Å². The molecular weight excluding hydrogens is 372 g/mol. The molecule has 0 saturated carbocycles. The summed E-state index contributed by atoms with van der Waals surface area (Å²) in [6.07, 6.45) is 1.27. The quantitative estimate of drug-likeness (QED) is 0.561. The van der Waals surface area contributed by atoms with Crippen molar-refractivity contribution in [3.63, 3.8) is 0 Å². The third-order valence-electron chi connectivity index (χ3n) is 4.41. The molecule has 0 bridgehead atoms. The number of hydrogen-bond donors (Lipinski definition) is 2. The fourth-order valence-corrected chi connectivity index (χ4v) is 2.81. The van der Waals surface area contributed by atoms with Gasteiger partial charge in [-0.2, -0.15) is 9.97 Å². The molecule has 1 heterocycles. The number of nitrogens with zero attached hydrogens (tertiary/aromatic N) is 3. The number of carbonyl (C=O) groups excluding carboxylic acids is 1. The molecule has 8 heteroatoms. The minimum atomic E-state index is -0.972. The highest BCUT2D eigenvalue weighted by Crippen LogP contribution is 2.26. The normalized spacial score (nSPS) is 11.6. The number of methoxy groups -OCH3 is 1. The molecule has 1 atom stereocenters. The van der Waals surface area contributed by atoms with E-state index in [0.717, 1.165) is 22.3 Å². The monoisotopic (exact) mass is 394 g/mol. The van der Waals surface area contributed by atoms with Crippen LogP contribution in [-0.4, -0.2) is 45.8 Å². The predicted octanol–water partition coefficient (Wildman–Crippen LogP) is 2.37. The smallest absolute Gasteiger partial charge is 0.330 e. The maximum Gasteiger partial charge on any atom is 0.330 e. The van der Waals surface area contributed by atoms with E-state index in [4.69, 9.17) is 4.74 Å². The van der Waals surface area contributed by atoms with E-state index in [1.54, 1.807) is 0 Å². The largest absolute Gasteiger partial charge is 0.467 e. The number of rotatable bonds is 8. The van der Waals surface area contributed by atoms with Gasteiger partial charge in [-0.1, -0.05) is 48.5 Å². The summed E-state index contributed by atoms with van der Waals surface area (Å²) in [5.74, 6) is -0.516. The van der Waals surface area contributed by atoms with Crippen LogP contribution in [0, 0.1) is 6.92 Å². The molecule has 150 valence electrons. The number of esters is 1. The molecule has 0 unspecified atom stereocenters. The SMILES string of the molecule is COC(=O)[C@H](CO)Nc1ncnc(OCc2cccc(-c3ccccc3)c2C)n1. The molecule has 3 rings (SSSR count). The standard InChI is InChI=1S/C21H22N4O4/c1-14-16(9-6-10-17(14)15-7-4-3-5-8-15)12-29-21-23-13-22-20(25-21)24-18(11-26)19(27)28-2/h3-10,13,18,26H,11-12H2,1-2H3,(H,22,23,24,25)/t18-/m0/s1. The maximum atomic E-state index is 11.6. The molecule has 0 aliphatic rings. The van der Waals surface area contributed by atoms with Gasteiger partial charge in [0.2, 0.25) is 5.95 Å². The van der Waals surface area contributed by atoms with Gasteiger partial charge in [-0.05, 0) is 29.2 Å². The Morgan fingerprint density at radius 3 is 2.66 bits per heavy atom. The number of aromatic nitrogens is 3. The first-order chi connectivity index (χ1) is 14.1. The Balaban J connectivity index is 1.72. The van der Waals surface area contributed by atoms with E-state index in [9.17, 15) is 9.90 Å². The van der Waals surface area contributed by atoms with Gasteiger partial charge in [0, 0.05) is 0 Å². The number of hydrogen-bond acceptors (Lipinski definition) is 8. The Morgan fingerprint density at radius 2 is 1.93 bits per heavy atom. The second-order valence-corrected chi connectivity index (χ2v) is 6.24. The van der Waals surface area contributed by atoms with E-state index in [2.05, 4.69) is 43.2 Å². The number of nitrogens with one attached hydrogen (secondary N) is 1. The van der Waals surface area contributed by atoms with Crippen molar-refractivity contribution >= 4 is 11.9 Å². The first-order valence-electron chi connectivity index (χ1n) is 9.03. The van der Waals surface area contributed by atoms with Crippen molar-refractivity contribution in [3.8, 4) is 17.1 Å². The van der Waals surface area contributed by atoms with Crippen molar-refractivity contribution in [1.82, 2.24) is 15.0 Å². The lowest BCUT2D eigenvalue weighted by Gasteiger charge is -2.14. The number of benzene rings is 2. The number of aliphatic hydroxyl groups excluding tert-OH is 1. The Bertz CT molecular complexity index is 966. The van der Waals surface area contributed by atoms with Crippen LogP contribution in [0.25, 0.3) is 11.1 Å². The zero-order chi connectivity index (χ0) is 20.6. The molecule has 1 aromatic heterocycles. The van der Waals surface area contributed by atoms with Crippen LogP contribution >= 0.6 is 0 Å². The van der Waals surface area contributed by atoms with Crippen LogP contribution in [0.4, 0.5) is 5.95 Å². The zero-order valence-electron chi connectivity index (χ0n) is 16.2. The molecule has 29 heavy (non-hydrogen) atoms. The number of anilines is 1. The zero-order valence-corrected chi connectivity index (χ0v) is 16.2. The molecule has 2 aromatic carbocycles. The van der Waals surface area contributed by atoms with Crippen LogP contribution in [0.1, 0.15) is 11.1 Å². The summed E-state index contributed by atoms with van der Waals surface area (Å²) in [4.78, 5) is 23.6. The molecule has 0 radical (unpaired) electrons. The summed E-state index contributed by atoms with van der Waals surface area (Å²) in [5, 5.41) is 12.0. The number of carbonyl (C=O) groups is 1. The van der Waals surface area contributed by atoms with Gasteiger partial charge in [0.1, 0.15) is 12.9 Å². The molecule has 0 aliphatic heterocycles. The lowest BCUT2D eigenvalue weighted by molar-refractivity contribution is -0.142. The Labute approximate surface area is 168 Å². The lowest BCUT2D eigenvalue weighted by atomic mass is 9.97.